The van der Waals surface area contributed by atoms with Crippen molar-refractivity contribution in [3.8, 4) is 5.75 Å². The van der Waals surface area contributed by atoms with Gasteiger partial charge in [0, 0.05) is 0 Å². The zero-order valence-corrected chi connectivity index (χ0v) is 11.9. The average molecular weight is 248 g/mol. The lowest BCUT2D eigenvalue weighted by Crippen LogP contribution is -1.99. The van der Waals surface area contributed by atoms with Crippen LogP contribution in [0.15, 0.2) is 18.2 Å². The summed E-state index contributed by atoms with van der Waals surface area (Å²) < 4.78 is 11.0. The van der Waals surface area contributed by atoms with Gasteiger partial charge in [0.2, 0.25) is 0 Å². The number of aryl methyl sites for hydroxylation is 1. The van der Waals surface area contributed by atoms with E-state index in [9.17, 15) is 0 Å². The molecule has 0 spiro atoms. The van der Waals surface area contributed by atoms with Gasteiger partial charge < -0.3 is 9.47 Å². The quantitative estimate of drug-likeness (QED) is 0.711. The first-order chi connectivity index (χ1) is 8.65. The molecular formula is C16H24O2. The van der Waals surface area contributed by atoms with Crippen LogP contribution in [0.1, 0.15) is 50.7 Å². The van der Waals surface area contributed by atoms with Gasteiger partial charge in [0.15, 0.2) is 0 Å². The molecule has 0 saturated carbocycles. The first-order valence-corrected chi connectivity index (χ1v) is 6.98. The van der Waals surface area contributed by atoms with Crippen molar-refractivity contribution in [2.45, 2.75) is 58.2 Å². The van der Waals surface area contributed by atoms with E-state index >= 15 is 0 Å². The van der Waals surface area contributed by atoms with Crippen LogP contribution >= 0.6 is 0 Å². The second kappa shape index (κ2) is 5.75. The van der Waals surface area contributed by atoms with Gasteiger partial charge in [0.25, 0.3) is 0 Å². The third-order valence-corrected chi connectivity index (χ3v) is 3.72. The molecule has 1 aliphatic heterocycles. The molecule has 0 bridgehead atoms. The maximum Gasteiger partial charge on any atom is 0.122 e. The van der Waals surface area contributed by atoms with Gasteiger partial charge in [-0.05, 0) is 42.4 Å². The summed E-state index contributed by atoms with van der Waals surface area (Å²) in [6, 6.07) is 6.55. The van der Waals surface area contributed by atoms with Crippen LogP contribution < -0.4 is 4.74 Å². The van der Waals surface area contributed by atoms with E-state index in [1.807, 2.05) is 0 Å². The molecule has 0 amide bonds. The Labute approximate surface area is 110 Å². The smallest absolute Gasteiger partial charge is 0.122 e. The van der Waals surface area contributed by atoms with Crippen molar-refractivity contribution >= 4 is 0 Å². The summed E-state index contributed by atoms with van der Waals surface area (Å²) in [5.41, 5.74) is 2.70. The fourth-order valence-electron chi connectivity index (χ4n) is 2.49. The van der Waals surface area contributed by atoms with E-state index in [-0.39, 0.29) is 0 Å². The van der Waals surface area contributed by atoms with Crippen LogP contribution in [0.4, 0.5) is 0 Å². The van der Waals surface area contributed by atoms with Crippen LogP contribution in [0.2, 0.25) is 0 Å². The molecule has 2 atom stereocenters. The van der Waals surface area contributed by atoms with Crippen LogP contribution in [0, 0.1) is 0 Å². The van der Waals surface area contributed by atoms with E-state index in [1.54, 1.807) is 7.11 Å². The number of hydrogen-bond donors (Lipinski definition) is 0. The summed E-state index contributed by atoms with van der Waals surface area (Å²) in [7, 11) is 1.74. The van der Waals surface area contributed by atoms with Crippen molar-refractivity contribution < 1.29 is 9.47 Å². The minimum Gasteiger partial charge on any atom is -0.496 e. The average Bonchev–Trinajstić information content (AvgIpc) is 3.14. The summed E-state index contributed by atoms with van der Waals surface area (Å²) >= 11 is 0. The van der Waals surface area contributed by atoms with Gasteiger partial charge in [-0.3, -0.25) is 0 Å². The van der Waals surface area contributed by atoms with E-state index in [2.05, 4.69) is 39.0 Å². The van der Waals surface area contributed by atoms with Crippen LogP contribution in [0.5, 0.6) is 5.75 Å². The van der Waals surface area contributed by atoms with Gasteiger partial charge in [-0.1, -0.05) is 32.9 Å². The Morgan fingerprint density at radius 3 is 2.61 bits per heavy atom. The van der Waals surface area contributed by atoms with Crippen molar-refractivity contribution in [2.24, 2.45) is 0 Å². The molecule has 1 aromatic rings. The summed E-state index contributed by atoms with van der Waals surface area (Å²) in [5, 5.41) is 0. The van der Waals surface area contributed by atoms with E-state index in [0.29, 0.717) is 18.1 Å². The maximum absolute atomic E-state index is 5.59. The van der Waals surface area contributed by atoms with Crippen LogP contribution in [-0.2, 0) is 11.2 Å². The first-order valence-electron chi connectivity index (χ1n) is 6.98. The predicted octanol–water partition coefficient (Wildman–Crippen LogP) is 3.93. The monoisotopic (exact) mass is 248 g/mol. The number of ether oxygens (including phenoxy) is 2. The topological polar surface area (TPSA) is 21.8 Å². The molecule has 2 heteroatoms. The Balaban J connectivity index is 1.98. The fraction of sp³-hybridized carbons (Fsp3) is 0.625. The Morgan fingerprint density at radius 2 is 2.06 bits per heavy atom. The summed E-state index contributed by atoms with van der Waals surface area (Å²) in [5.74, 6) is 1.50. The molecule has 1 aromatic carbocycles. The number of hydrogen-bond acceptors (Lipinski definition) is 2. The van der Waals surface area contributed by atoms with Gasteiger partial charge in [-0.25, -0.2) is 0 Å². The SMILES string of the molecule is CCC1OC1CCc1ccc(OC)c(C(C)C)c1. The Kier molecular flexibility index (Phi) is 4.28. The van der Waals surface area contributed by atoms with Crippen LogP contribution in [0.25, 0.3) is 0 Å². The summed E-state index contributed by atoms with van der Waals surface area (Å²) in [6.07, 6.45) is 4.41. The third-order valence-electron chi connectivity index (χ3n) is 3.72. The Morgan fingerprint density at radius 1 is 1.28 bits per heavy atom. The zero-order chi connectivity index (χ0) is 13.1. The minimum atomic E-state index is 0.500. The highest BCUT2D eigenvalue weighted by Crippen LogP contribution is 2.31. The Bertz CT molecular complexity index is 398. The molecular weight excluding hydrogens is 224 g/mol. The number of methoxy groups -OCH3 is 1. The van der Waals surface area contributed by atoms with Gasteiger partial charge in [0.1, 0.15) is 5.75 Å². The largest absolute Gasteiger partial charge is 0.496 e. The van der Waals surface area contributed by atoms with Crippen molar-refractivity contribution in [3.63, 3.8) is 0 Å². The van der Waals surface area contributed by atoms with E-state index in [4.69, 9.17) is 9.47 Å². The summed E-state index contributed by atoms with van der Waals surface area (Å²) in [6.45, 7) is 6.60. The van der Waals surface area contributed by atoms with E-state index < -0.39 is 0 Å². The Hall–Kier alpha value is -1.02. The molecule has 0 N–H and O–H groups in total. The molecule has 2 nitrogen and oxygen atoms in total. The maximum atomic E-state index is 5.59. The van der Waals surface area contributed by atoms with Crippen molar-refractivity contribution in [2.75, 3.05) is 7.11 Å². The summed E-state index contributed by atoms with van der Waals surface area (Å²) in [4.78, 5) is 0. The standard InChI is InChI=1S/C16H24O2/c1-5-14-16(18-14)9-7-12-6-8-15(17-4)13(10-12)11(2)3/h6,8,10-11,14,16H,5,7,9H2,1-4H3. The fourth-order valence-corrected chi connectivity index (χ4v) is 2.49. The molecule has 2 unspecified atom stereocenters. The number of benzene rings is 1. The molecule has 1 heterocycles. The highest BCUT2D eigenvalue weighted by Gasteiger charge is 2.35. The van der Waals surface area contributed by atoms with Crippen LogP contribution in [0.3, 0.4) is 0 Å². The first kappa shape index (κ1) is 13.4. The number of rotatable bonds is 6. The lowest BCUT2D eigenvalue weighted by atomic mass is 9.97. The third kappa shape index (κ3) is 3.05. The number of epoxide rings is 1. The highest BCUT2D eigenvalue weighted by atomic mass is 16.6. The molecule has 0 radical (unpaired) electrons. The second-order valence-electron chi connectivity index (χ2n) is 5.39. The van der Waals surface area contributed by atoms with Crippen molar-refractivity contribution in [3.05, 3.63) is 29.3 Å². The molecule has 1 fully saturated rings. The zero-order valence-electron chi connectivity index (χ0n) is 11.9. The van der Waals surface area contributed by atoms with Crippen molar-refractivity contribution in [1.82, 2.24) is 0 Å². The predicted molar refractivity (Wildman–Crippen MR) is 74.4 cm³/mol. The van der Waals surface area contributed by atoms with E-state index in [1.165, 1.54) is 11.1 Å². The molecule has 1 saturated heterocycles. The molecule has 0 aromatic heterocycles. The lowest BCUT2D eigenvalue weighted by Gasteiger charge is -2.13. The van der Waals surface area contributed by atoms with Gasteiger partial charge >= 0.3 is 0 Å². The minimum absolute atomic E-state index is 0.500. The molecule has 100 valence electrons. The van der Waals surface area contributed by atoms with Crippen LogP contribution in [-0.4, -0.2) is 19.3 Å². The normalized spacial score (nSPS) is 22.3. The lowest BCUT2D eigenvalue weighted by molar-refractivity contribution is 0.359. The molecule has 2 rings (SSSR count). The van der Waals surface area contributed by atoms with Gasteiger partial charge in [-0.15, -0.1) is 0 Å². The van der Waals surface area contributed by atoms with Gasteiger partial charge in [0.05, 0.1) is 19.3 Å². The highest BCUT2D eigenvalue weighted by molar-refractivity contribution is 5.39. The van der Waals surface area contributed by atoms with E-state index in [0.717, 1.165) is 25.0 Å². The second-order valence-corrected chi connectivity index (χ2v) is 5.39. The molecule has 18 heavy (non-hydrogen) atoms. The molecule has 1 aliphatic rings. The van der Waals surface area contributed by atoms with Crippen molar-refractivity contribution in [1.29, 1.82) is 0 Å². The molecule has 0 aliphatic carbocycles. The van der Waals surface area contributed by atoms with Gasteiger partial charge in [-0.2, -0.15) is 0 Å².